The molecule has 0 amide bonds. The van der Waals surface area contributed by atoms with E-state index in [0.29, 0.717) is 0 Å². The molecule has 56 heavy (non-hydrogen) atoms. The van der Waals surface area contributed by atoms with E-state index in [0.717, 1.165) is 94.2 Å². The Morgan fingerprint density at radius 3 is 1.95 bits per heavy atom. The van der Waals surface area contributed by atoms with E-state index in [4.69, 9.17) is 8.83 Å². The van der Waals surface area contributed by atoms with Crippen LogP contribution in [0.5, 0.6) is 0 Å². The Hall–Kier alpha value is -7.56. The number of hydrogen-bond acceptors (Lipinski definition) is 3. The van der Waals surface area contributed by atoms with Crippen molar-refractivity contribution in [3.05, 3.63) is 194 Å². The number of aromatic nitrogens is 1. The van der Waals surface area contributed by atoms with Gasteiger partial charge in [-0.3, -0.25) is 0 Å². The lowest BCUT2D eigenvalue weighted by Gasteiger charge is -2.26. The Balaban J connectivity index is 1.07. The van der Waals surface area contributed by atoms with E-state index >= 15 is 0 Å². The molecule has 0 spiro atoms. The lowest BCUT2D eigenvalue weighted by atomic mass is 10.0. The van der Waals surface area contributed by atoms with E-state index in [2.05, 4.69) is 191 Å². The van der Waals surface area contributed by atoms with Crippen LogP contribution in [-0.4, -0.2) is 4.57 Å². The van der Waals surface area contributed by atoms with Gasteiger partial charge in [0.1, 0.15) is 22.3 Å². The zero-order chi connectivity index (χ0) is 36.7. The molecule has 0 N–H and O–H groups in total. The van der Waals surface area contributed by atoms with Crippen molar-refractivity contribution in [3.63, 3.8) is 0 Å². The summed E-state index contributed by atoms with van der Waals surface area (Å²) in [7, 11) is 0. The first-order valence-electron chi connectivity index (χ1n) is 19.0. The summed E-state index contributed by atoms with van der Waals surface area (Å²) in [6.07, 6.45) is 0. The quantitative estimate of drug-likeness (QED) is 0.178. The molecule has 3 heterocycles. The Morgan fingerprint density at radius 2 is 1.05 bits per heavy atom. The molecule has 0 unspecified atom stereocenters. The van der Waals surface area contributed by atoms with Gasteiger partial charge in [0, 0.05) is 66.4 Å². The fraction of sp³-hybridized carbons (Fsp3) is 0. The van der Waals surface area contributed by atoms with Gasteiger partial charge in [-0.1, -0.05) is 121 Å². The molecule has 0 aliphatic rings. The van der Waals surface area contributed by atoms with Crippen LogP contribution in [0.25, 0.3) is 93.3 Å². The summed E-state index contributed by atoms with van der Waals surface area (Å²) >= 11 is 0. The molecule has 4 heteroatoms. The maximum Gasteiger partial charge on any atom is 0.143 e. The van der Waals surface area contributed by atoms with Crippen LogP contribution in [-0.2, 0) is 0 Å². The highest BCUT2D eigenvalue weighted by molar-refractivity contribution is 6.18. The fourth-order valence-electron chi connectivity index (χ4n) is 8.87. The summed E-state index contributed by atoms with van der Waals surface area (Å²) in [6.45, 7) is 0. The monoisotopic (exact) mass is 716 g/mol. The van der Waals surface area contributed by atoms with Gasteiger partial charge in [0.05, 0.1) is 16.7 Å². The van der Waals surface area contributed by atoms with Crippen LogP contribution in [0.15, 0.2) is 203 Å². The van der Waals surface area contributed by atoms with E-state index in [1.807, 2.05) is 12.1 Å². The molecule has 262 valence electrons. The summed E-state index contributed by atoms with van der Waals surface area (Å²) in [5.74, 6) is 0. The van der Waals surface area contributed by atoms with E-state index in [-0.39, 0.29) is 0 Å². The minimum atomic E-state index is 0.855. The smallest absolute Gasteiger partial charge is 0.143 e. The summed E-state index contributed by atoms with van der Waals surface area (Å²) in [5.41, 5.74) is 12.3. The first-order valence-corrected chi connectivity index (χ1v) is 19.0. The fourth-order valence-corrected chi connectivity index (χ4v) is 8.87. The van der Waals surface area contributed by atoms with Gasteiger partial charge in [0.2, 0.25) is 0 Å². The molecule has 0 saturated carbocycles. The molecule has 9 aromatic carbocycles. The number of benzene rings is 9. The van der Waals surface area contributed by atoms with E-state index in [1.54, 1.807) is 0 Å². The summed E-state index contributed by atoms with van der Waals surface area (Å²) < 4.78 is 15.6. The van der Waals surface area contributed by atoms with Gasteiger partial charge < -0.3 is 18.3 Å². The molecule has 4 nitrogen and oxygen atoms in total. The zero-order valence-corrected chi connectivity index (χ0v) is 30.2. The number of fused-ring (bicyclic) bond motifs is 11. The molecule has 0 atom stereocenters. The summed E-state index contributed by atoms with van der Waals surface area (Å²) in [4.78, 5) is 2.37. The normalized spacial score (nSPS) is 11.9. The minimum Gasteiger partial charge on any atom is -0.456 e. The minimum absolute atomic E-state index is 0.855. The van der Waals surface area contributed by atoms with Gasteiger partial charge in [0.15, 0.2) is 0 Å². The van der Waals surface area contributed by atoms with E-state index in [9.17, 15) is 0 Å². The third kappa shape index (κ3) is 4.53. The highest BCUT2D eigenvalue weighted by atomic mass is 16.3. The Bertz CT molecular complexity index is 3480. The predicted octanol–water partition coefficient (Wildman–Crippen LogP) is 14.9. The van der Waals surface area contributed by atoms with Crippen molar-refractivity contribution in [1.29, 1.82) is 0 Å². The molecule has 0 aliphatic heterocycles. The third-order valence-electron chi connectivity index (χ3n) is 11.4. The average molecular weight is 717 g/mol. The van der Waals surface area contributed by atoms with Gasteiger partial charge in [0.25, 0.3) is 0 Å². The van der Waals surface area contributed by atoms with Gasteiger partial charge >= 0.3 is 0 Å². The van der Waals surface area contributed by atoms with Gasteiger partial charge in [-0.15, -0.1) is 0 Å². The van der Waals surface area contributed by atoms with Crippen LogP contribution in [0.4, 0.5) is 17.1 Å². The maximum absolute atomic E-state index is 6.74. The van der Waals surface area contributed by atoms with Crippen LogP contribution in [0.3, 0.4) is 0 Å². The molecular weight excluding hydrogens is 685 g/mol. The van der Waals surface area contributed by atoms with Crippen LogP contribution in [0.1, 0.15) is 0 Å². The summed E-state index contributed by atoms with van der Waals surface area (Å²) in [5, 5.41) is 9.14. The highest BCUT2D eigenvalue weighted by Crippen LogP contribution is 2.46. The molecular formula is C52H32N2O2. The highest BCUT2D eigenvalue weighted by Gasteiger charge is 2.22. The number of hydrogen-bond donors (Lipinski definition) is 0. The second kappa shape index (κ2) is 12.0. The van der Waals surface area contributed by atoms with Crippen molar-refractivity contribution in [2.24, 2.45) is 0 Å². The van der Waals surface area contributed by atoms with Gasteiger partial charge in [-0.25, -0.2) is 0 Å². The third-order valence-corrected chi connectivity index (χ3v) is 11.4. The van der Waals surface area contributed by atoms with Crippen molar-refractivity contribution in [2.75, 3.05) is 4.90 Å². The molecule has 12 rings (SSSR count). The molecule has 0 radical (unpaired) electrons. The molecule has 0 saturated heterocycles. The van der Waals surface area contributed by atoms with Crippen molar-refractivity contribution in [1.82, 2.24) is 4.57 Å². The van der Waals surface area contributed by atoms with Crippen molar-refractivity contribution in [3.8, 4) is 16.8 Å². The topological polar surface area (TPSA) is 34.5 Å². The second-order valence-electron chi connectivity index (χ2n) is 14.5. The number of nitrogens with zero attached hydrogens (tertiary/aromatic N) is 2. The molecule has 12 aromatic rings. The maximum atomic E-state index is 6.74. The second-order valence-corrected chi connectivity index (χ2v) is 14.5. The standard InChI is InChI=1S/C52H32N2O2/c1-2-13-35(14-3-1)54-45-20-8-6-17-44(45)50-46(21-11-22-47(50)54)53(37-29-31-41-40-16-7-9-23-48(40)55-49(41)32-37)36-27-24-34(25-28-36)39-18-10-19-42-43-30-26-33-12-4-5-15-38(33)52(43)56-51(39)42/h1-32H. The molecule has 0 fully saturated rings. The largest absolute Gasteiger partial charge is 0.456 e. The van der Waals surface area contributed by atoms with E-state index in [1.165, 1.54) is 16.2 Å². The molecule has 0 bridgehead atoms. The lowest BCUT2D eigenvalue weighted by Crippen LogP contribution is -2.10. The number of rotatable bonds is 5. The first kappa shape index (κ1) is 30.9. The Kier molecular flexibility index (Phi) is 6.60. The number of furan rings is 2. The van der Waals surface area contributed by atoms with Crippen molar-refractivity contribution >= 4 is 93.5 Å². The number of anilines is 3. The lowest BCUT2D eigenvalue weighted by molar-refractivity contribution is 0.669. The first-order chi connectivity index (χ1) is 27.8. The number of para-hydroxylation sites is 4. The molecule has 0 aliphatic carbocycles. The van der Waals surface area contributed by atoms with Crippen LogP contribution < -0.4 is 4.90 Å². The average Bonchev–Trinajstić information content (AvgIpc) is 3.94. The van der Waals surface area contributed by atoms with Crippen LogP contribution in [0, 0.1) is 0 Å². The Labute approximate surface area is 321 Å². The van der Waals surface area contributed by atoms with Gasteiger partial charge in [-0.05, 0) is 77.7 Å². The van der Waals surface area contributed by atoms with Crippen molar-refractivity contribution < 1.29 is 8.83 Å². The Morgan fingerprint density at radius 1 is 0.393 bits per heavy atom. The summed E-state index contributed by atoms with van der Waals surface area (Å²) in [6, 6.07) is 68.9. The zero-order valence-electron chi connectivity index (χ0n) is 30.2. The molecule has 3 aromatic heterocycles. The van der Waals surface area contributed by atoms with Crippen LogP contribution in [0.2, 0.25) is 0 Å². The predicted molar refractivity (Wildman–Crippen MR) is 233 cm³/mol. The van der Waals surface area contributed by atoms with Gasteiger partial charge in [-0.2, -0.15) is 0 Å². The van der Waals surface area contributed by atoms with Crippen LogP contribution >= 0.6 is 0 Å². The van der Waals surface area contributed by atoms with E-state index < -0.39 is 0 Å². The van der Waals surface area contributed by atoms with Crippen molar-refractivity contribution in [2.45, 2.75) is 0 Å². The SMILES string of the molecule is c1ccc(-n2c3ccccc3c3c(N(c4ccc(-c5cccc6c5oc5c7ccccc7ccc65)cc4)c4ccc5c(c4)oc4ccccc45)cccc32)cc1.